The Morgan fingerprint density at radius 2 is 1.83 bits per heavy atom. The standard InChI is InChI=1S/C25H30N4O/c1-18-9-11-19(12-10-18)16-26-21-13-14-23-22(15-21)24(25(30)28(2)3)27-29(23)17-20-7-5-4-6-8-20/h4-12,21,26H,13-17H2,1-3H3. The number of carbonyl (C=O) groups excluding carboxylic acids is 1. The highest BCUT2D eigenvalue weighted by atomic mass is 16.2. The van der Waals surface area contributed by atoms with Crippen LogP contribution in [0.5, 0.6) is 0 Å². The number of hydrogen-bond acceptors (Lipinski definition) is 3. The lowest BCUT2D eigenvalue weighted by Gasteiger charge is -2.25. The van der Waals surface area contributed by atoms with E-state index in [9.17, 15) is 4.79 Å². The van der Waals surface area contributed by atoms with Crippen LogP contribution in [0.2, 0.25) is 0 Å². The van der Waals surface area contributed by atoms with Crippen molar-refractivity contribution in [2.24, 2.45) is 0 Å². The molecule has 156 valence electrons. The molecule has 0 fully saturated rings. The van der Waals surface area contributed by atoms with E-state index in [1.165, 1.54) is 22.4 Å². The smallest absolute Gasteiger partial charge is 0.274 e. The van der Waals surface area contributed by atoms with Crippen LogP contribution in [-0.4, -0.2) is 40.7 Å². The highest BCUT2D eigenvalue weighted by molar-refractivity contribution is 5.93. The van der Waals surface area contributed by atoms with E-state index in [1.807, 2.05) is 22.9 Å². The molecule has 0 spiro atoms. The predicted octanol–water partition coefficient (Wildman–Crippen LogP) is 3.59. The van der Waals surface area contributed by atoms with Crippen molar-refractivity contribution < 1.29 is 4.79 Å². The van der Waals surface area contributed by atoms with Gasteiger partial charge in [-0.2, -0.15) is 5.10 Å². The van der Waals surface area contributed by atoms with E-state index >= 15 is 0 Å². The van der Waals surface area contributed by atoms with Crippen LogP contribution >= 0.6 is 0 Å². The average Bonchev–Trinajstić information content (AvgIpc) is 3.11. The maximum Gasteiger partial charge on any atom is 0.274 e. The van der Waals surface area contributed by atoms with E-state index in [4.69, 9.17) is 5.10 Å². The molecule has 3 aromatic rings. The Morgan fingerprint density at radius 3 is 2.53 bits per heavy atom. The largest absolute Gasteiger partial charge is 0.343 e. The molecule has 5 nitrogen and oxygen atoms in total. The van der Waals surface area contributed by atoms with E-state index in [2.05, 4.69) is 48.6 Å². The third-order valence-corrected chi connectivity index (χ3v) is 5.85. The van der Waals surface area contributed by atoms with Crippen molar-refractivity contribution in [1.29, 1.82) is 0 Å². The fourth-order valence-corrected chi connectivity index (χ4v) is 4.10. The minimum atomic E-state index is -0.0164. The quantitative estimate of drug-likeness (QED) is 0.686. The molecule has 1 unspecified atom stereocenters. The maximum atomic E-state index is 12.8. The molecule has 1 atom stereocenters. The fourth-order valence-electron chi connectivity index (χ4n) is 4.10. The van der Waals surface area contributed by atoms with Gasteiger partial charge in [-0.1, -0.05) is 60.2 Å². The van der Waals surface area contributed by atoms with E-state index in [-0.39, 0.29) is 5.91 Å². The van der Waals surface area contributed by atoms with Crippen molar-refractivity contribution in [3.8, 4) is 0 Å². The summed E-state index contributed by atoms with van der Waals surface area (Å²) < 4.78 is 2.04. The van der Waals surface area contributed by atoms with Crippen LogP contribution in [0.3, 0.4) is 0 Å². The first-order chi connectivity index (χ1) is 14.5. The number of carbonyl (C=O) groups is 1. The zero-order valence-electron chi connectivity index (χ0n) is 18.1. The summed E-state index contributed by atoms with van der Waals surface area (Å²) in [6.45, 7) is 3.65. The molecule has 0 saturated heterocycles. The molecular weight excluding hydrogens is 372 g/mol. The number of amides is 1. The molecule has 5 heteroatoms. The van der Waals surface area contributed by atoms with Gasteiger partial charge in [0.1, 0.15) is 0 Å². The number of benzene rings is 2. The van der Waals surface area contributed by atoms with Crippen LogP contribution < -0.4 is 5.32 Å². The van der Waals surface area contributed by atoms with Crippen molar-refractivity contribution in [2.45, 2.75) is 45.3 Å². The van der Waals surface area contributed by atoms with E-state index in [0.29, 0.717) is 18.3 Å². The molecule has 30 heavy (non-hydrogen) atoms. The minimum absolute atomic E-state index is 0.0164. The third-order valence-electron chi connectivity index (χ3n) is 5.85. The molecule has 1 N–H and O–H groups in total. The summed E-state index contributed by atoms with van der Waals surface area (Å²) in [5.41, 5.74) is 6.68. The van der Waals surface area contributed by atoms with Crippen molar-refractivity contribution in [2.75, 3.05) is 14.1 Å². The molecule has 0 aliphatic heterocycles. The van der Waals surface area contributed by atoms with Crippen molar-refractivity contribution in [3.63, 3.8) is 0 Å². The predicted molar refractivity (Wildman–Crippen MR) is 120 cm³/mol. The maximum absolute atomic E-state index is 12.8. The van der Waals surface area contributed by atoms with Gasteiger partial charge in [0, 0.05) is 37.9 Å². The van der Waals surface area contributed by atoms with Gasteiger partial charge >= 0.3 is 0 Å². The Labute approximate surface area is 178 Å². The second-order valence-electron chi connectivity index (χ2n) is 8.42. The summed E-state index contributed by atoms with van der Waals surface area (Å²) in [7, 11) is 3.59. The van der Waals surface area contributed by atoms with Gasteiger partial charge in [0.25, 0.3) is 5.91 Å². The van der Waals surface area contributed by atoms with Gasteiger partial charge in [-0.15, -0.1) is 0 Å². The van der Waals surface area contributed by atoms with Gasteiger partial charge in [0.05, 0.1) is 6.54 Å². The van der Waals surface area contributed by atoms with Crippen molar-refractivity contribution >= 4 is 5.91 Å². The summed E-state index contributed by atoms with van der Waals surface area (Å²) in [5, 5.41) is 8.46. The van der Waals surface area contributed by atoms with Gasteiger partial charge < -0.3 is 10.2 Å². The SMILES string of the molecule is Cc1ccc(CNC2CCc3c(c(C(=O)N(C)C)nn3Cc3ccccc3)C2)cc1. The second kappa shape index (κ2) is 8.84. The first-order valence-corrected chi connectivity index (χ1v) is 10.6. The first-order valence-electron chi connectivity index (χ1n) is 10.6. The van der Waals surface area contributed by atoms with Gasteiger partial charge in [-0.25, -0.2) is 0 Å². The number of aromatic nitrogens is 2. The molecule has 2 aromatic carbocycles. The van der Waals surface area contributed by atoms with Crippen LogP contribution in [0, 0.1) is 6.92 Å². The number of hydrogen-bond donors (Lipinski definition) is 1. The lowest BCUT2D eigenvalue weighted by Crippen LogP contribution is -2.35. The van der Waals surface area contributed by atoms with Crippen LogP contribution in [-0.2, 0) is 25.9 Å². The summed E-state index contributed by atoms with van der Waals surface area (Å²) in [6.07, 6.45) is 2.82. The Hall–Kier alpha value is -2.92. The Balaban J connectivity index is 1.55. The van der Waals surface area contributed by atoms with Crippen LogP contribution in [0.15, 0.2) is 54.6 Å². The van der Waals surface area contributed by atoms with Gasteiger partial charge in [-0.3, -0.25) is 9.48 Å². The van der Waals surface area contributed by atoms with Gasteiger partial charge in [0.15, 0.2) is 5.69 Å². The van der Waals surface area contributed by atoms with Crippen LogP contribution in [0.1, 0.15) is 44.9 Å². The molecular formula is C25H30N4O. The molecule has 1 aromatic heterocycles. The summed E-state index contributed by atoms with van der Waals surface area (Å²) >= 11 is 0. The van der Waals surface area contributed by atoms with Crippen molar-refractivity contribution in [3.05, 3.63) is 88.2 Å². The van der Waals surface area contributed by atoms with Gasteiger partial charge in [-0.05, 0) is 37.3 Å². The number of aryl methyl sites for hydroxylation is 1. The van der Waals surface area contributed by atoms with Crippen LogP contribution in [0.25, 0.3) is 0 Å². The number of nitrogens with zero attached hydrogens (tertiary/aromatic N) is 3. The summed E-state index contributed by atoms with van der Waals surface area (Å²) in [4.78, 5) is 14.5. The zero-order chi connectivity index (χ0) is 21.1. The monoisotopic (exact) mass is 402 g/mol. The molecule has 0 saturated carbocycles. The average molecular weight is 403 g/mol. The molecule has 1 aliphatic rings. The fraction of sp³-hybridized carbons (Fsp3) is 0.360. The third kappa shape index (κ3) is 4.46. The topological polar surface area (TPSA) is 50.2 Å². The molecule has 0 radical (unpaired) electrons. The van der Waals surface area contributed by atoms with E-state index < -0.39 is 0 Å². The normalized spacial score (nSPS) is 15.6. The lowest BCUT2D eigenvalue weighted by atomic mass is 9.91. The molecule has 1 heterocycles. The summed E-state index contributed by atoms with van der Waals surface area (Å²) in [6, 6.07) is 19.3. The Kier molecular flexibility index (Phi) is 6.00. The molecule has 4 rings (SSSR count). The summed E-state index contributed by atoms with van der Waals surface area (Å²) in [5.74, 6) is -0.0164. The molecule has 1 amide bonds. The van der Waals surface area contributed by atoms with E-state index in [0.717, 1.165) is 31.4 Å². The lowest BCUT2D eigenvalue weighted by molar-refractivity contribution is 0.0820. The zero-order valence-corrected chi connectivity index (χ0v) is 18.1. The molecule has 1 aliphatic carbocycles. The number of rotatable bonds is 6. The number of nitrogens with one attached hydrogen (secondary N) is 1. The van der Waals surface area contributed by atoms with Crippen LogP contribution in [0.4, 0.5) is 0 Å². The highest BCUT2D eigenvalue weighted by Crippen LogP contribution is 2.26. The highest BCUT2D eigenvalue weighted by Gasteiger charge is 2.29. The van der Waals surface area contributed by atoms with Gasteiger partial charge in [0.2, 0.25) is 0 Å². The number of fused-ring (bicyclic) bond motifs is 1. The van der Waals surface area contributed by atoms with Crippen molar-refractivity contribution in [1.82, 2.24) is 20.0 Å². The Bertz CT molecular complexity index is 1010. The van der Waals surface area contributed by atoms with E-state index in [1.54, 1.807) is 19.0 Å². The molecule has 0 bridgehead atoms. The second-order valence-corrected chi connectivity index (χ2v) is 8.42. The Morgan fingerprint density at radius 1 is 1.10 bits per heavy atom. The minimum Gasteiger partial charge on any atom is -0.343 e. The first kappa shape index (κ1) is 20.4.